The predicted molar refractivity (Wildman–Crippen MR) is 42.5 cm³/mol. The molecule has 0 atom stereocenters. The number of nitrogen functional groups attached to an aromatic ring is 1. The number of rotatable bonds is 1. The van der Waals surface area contributed by atoms with Crippen LogP contribution in [-0.2, 0) is 6.18 Å². The Morgan fingerprint density at radius 3 is 2.00 bits per heavy atom. The van der Waals surface area contributed by atoms with E-state index in [2.05, 4.69) is 4.74 Å². The molecule has 0 aromatic heterocycles. The number of anilines is 1. The van der Waals surface area contributed by atoms with Crippen LogP contribution in [0.25, 0.3) is 0 Å². The minimum atomic E-state index is -5.08. The first-order chi connectivity index (χ1) is 7.09. The summed E-state index contributed by atoms with van der Waals surface area (Å²) in [6.45, 7) is 0. The van der Waals surface area contributed by atoms with E-state index in [0.717, 1.165) is 0 Å². The van der Waals surface area contributed by atoms with Gasteiger partial charge in [0.25, 0.3) is 0 Å². The Morgan fingerprint density at radius 2 is 1.56 bits per heavy atom. The Morgan fingerprint density at radius 1 is 1.00 bits per heavy atom. The van der Waals surface area contributed by atoms with Gasteiger partial charge in [-0.05, 0) is 18.2 Å². The summed E-state index contributed by atoms with van der Waals surface area (Å²) >= 11 is 0. The van der Waals surface area contributed by atoms with Gasteiger partial charge in [-0.15, -0.1) is 13.2 Å². The molecular formula is C8H5F6NO. The lowest BCUT2D eigenvalue weighted by Gasteiger charge is -2.13. The largest absolute Gasteiger partial charge is 0.573 e. The van der Waals surface area contributed by atoms with Crippen LogP contribution in [0.2, 0.25) is 0 Å². The first kappa shape index (κ1) is 12.5. The molecule has 0 bridgehead atoms. The Labute approximate surface area is 85.6 Å². The van der Waals surface area contributed by atoms with Gasteiger partial charge in [0.05, 0.1) is 11.3 Å². The van der Waals surface area contributed by atoms with E-state index in [1.807, 2.05) is 0 Å². The van der Waals surface area contributed by atoms with Crippen molar-refractivity contribution in [1.29, 1.82) is 0 Å². The van der Waals surface area contributed by atoms with Crippen molar-refractivity contribution in [3.63, 3.8) is 0 Å². The summed E-state index contributed by atoms with van der Waals surface area (Å²) < 4.78 is 75.2. The summed E-state index contributed by atoms with van der Waals surface area (Å²) in [5.74, 6) is -1.07. The van der Waals surface area contributed by atoms with Crippen molar-refractivity contribution in [3.8, 4) is 5.75 Å². The third kappa shape index (κ3) is 3.21. The number of alkyl halides is 6. The zero-order valence-electron chi connectivity index (χ0n) is 7.49. The van der Waals surface area contributed by atoms with Crippen molar-refractivity contribution in [2.75, 3.05) is 5.73 Å². The SMILES string of the molecule is Nc1ccc(C(F)(F)F)cc1OC(F)(F)F. The molecule has 0 fully saturated rings. The van der Waals surface area contributed by atoms with Gasteiger partial charge in [0.15, 0.2) is 5.75 Å². The lowest BCUT2D eigenvalue weighted by Crippen LogP contribution is -2.18. The molecule has 1 aromatic carbocycles. The Hall–Kier alpha value is -1.60. The average Bonchev–Trinajstić information content (AvgIpc) is 2.04. The van der Waals surface area contributed by atoms with Gasteiger partial charge in [-0.3, -0.25) is 0 Å². The molecule has 0 amide bonds. The minimum absolute atomic E-state index is 0.197. The fraction of sp³-hybridized carbons (Fsp3) is 0.250. The second-order valence-electron chi connectivity index (χ2n) is 2.80. The van der Waals surface area contributed by atoms with Crippen molar-refractivity contribution in [3.05, 3.63) is 23.8 Å². The Bertz CT molecular complexity index is 383. The van der Waals surface area contributed by atoms with Crippen molar-refractivity contribution in [2.45, 2.75) is 12.5 Å². The highest BCUT2D eigenvalue weighted by Crippen LogP contribution is 2.35. The minimum Gasteiger partial charge on any atom is -0.404 e. The van der Waals surface area contributed by atoms with Crippen molar-refractivity contribution >= 4 is 5.69 Å². The normalized spacial score (nSPS) is 12.6. The standard InChI is InChI=1S/C8H5F6NO/c9-7(10,11)4-1-2-5(15)6(3-4)16-8(12,13)14/h1-3H,15H2. The summed E-state index contributed by atoms with van der Waals surface area (Å²) in [6.07, 6.45) is -9.84. The lowest BCUT2D eigenvalue weighted by molar-refractivity contribution is -0.274. The second-order valence-corrected chi connectivity index (χ2v) is 2.80. The fourth-order valence-corrected chi connectivity index (χ4v) is 0.924. The van der Waals surface area contributed by atoms with Crippen LogP contribution >= 0.6 is 0 Å². The summed E-state index contributed by atoms with van der Waals surface area (Å²) in [7, 11) is 0. The molecule has 0 aliphatic rings. The smallest absolute Gasteiger partial charge is 0.404 e. The number of benzene rings is 1. The van der Waals surface area contributed by atoms with Gasteiger partial charge in [-0.1, -0.05) is 0 Å². The van der Waals surface area contributed by atoms with Crippen LogP contribution in [0.1, 0.15) is 5.56 Å². The molecule has 8 heteroatoms. The van der Waals surface area contributed by atoms with Crippen LogP contribution in [0.3, 0.4) is 0 Å². The summed E-state index contributed by atoms with van der Waals surface area (Å²) in [4.78, 5) is 0. The van der Waals surface area contributed by atoms with E-state index < -0.39 is 29.5 Å². The highest BCUT2D eigenvalue weighted by Gasteiger charge is 2.35. The van der Waals surface area contributed by atoms with E-state index in [1.54, 1.807) is 0 Å². The van der Waals surface area contributed by atoms with E-state index >= 15 is 0 Å². The van der Waals surface area contributed by atoms with Gasteiger partial charge in [-0.25, -0.2) is 0 Å². The number of hydrogen-bond donors (Lipinski definition) is 1. The predicted octanol–water partition coefficient (Wildman–Crippen LogP) is 3.19. The van der Waals surface area contributed by atoms with Crippen LogP contribution < -0.4 is 10.5 Å². The molecule has 90 valence electrons. The van der Waals surface area contributed by atoms with Crippen LogP contribution in [0.5, 0.6) is 5.75 Å². The van der Waals surface area contributed by atoms with Crippen molar-refractivity contribution < 1.29 is 31.1 Å². The van der Waals surface area contributed by atoms with Crippen molar-refractivity contribution in [1.82, 2.24) is 0 Å². The van der Waals surface area contributed by atoms with Crippen LogP contribution in [0.15, 0.2) is 18.2 Å². The molecule has 0 heterocycles. The highest BCUT2D eigenvalue weighted by atomic mass is 19.4. The number of nitrogens with two attached hydrogens (primary N) is 1. The summed E-state index contributed by atoms with van der Waals surface area (Å²) in [5, 5.41) is 0. The number of ether oxygens (including phenoxy) is 1. The maximum absolute atomic E-state index is 12.2. The number of halogens is 6. The summed E-state index contributed by atoms with van der Waals surface area (Å²) in [6, 6.07) is 1.46. The van der Waals surface area contributed by atoms with E-state index in [1.165, 1.54) is 0 Å². The zero-order valence-corrected chi connectivity index (χ0v) is 7.49. The van der Waals surface area contributed by atoms with Crippen LogP contribution in [0, 0.1) is 0 Å². The molecule has 0 unspecified atom stereocenters. The highest BCUT2D eigenvalue weighted by molar-refractivity contribution is 5.54. The molecule has 0 aliphatic carbocycles. The molecular weight excluding hydrogens is 240 g/mol. The Balaban J connectivity index is 3.10. The molecule has 1 aromatic rings. The van der Waals surface area contributed by atoms with Gasteiger partial charge in [-0.2, -0.15) is 13.2 Å². The first-order valence-corrected chi connectivity index (χ1v) is 3.82. The Kier molecular flexibility index (Phi) is 2.93. The van der Waals surface area contributed by atoms with Gasteiger partial charge < -0.3 is 10.5 Å². The van der Waals surface area contributed by atoms with Crippen molar-refractivity contribution in [2.24, 2.45) is 0 Å². The molecule has 0 radical (unpaired) electrons. The van der Waals surface area contributed by atoms with Gasteiger partial charge in [0.1, 0.15) is 0 Å². The molecule has 0 saturated heterocycles. The molecule has 0 aliphatic heterocycles. The molecule has 2 N–H and O–H groups in total. The lowest BCUT2D eigenvalue weighted by atomic mass is 10.2. The van der Waals surface area contributed by atoms with E-state index in [0.29, 0.717) is 12.1 Å². The van der Waals surface area contributed by atoms with Gasteiger partial charge in [0, 0.05) is 0 Å². The van der Waals surface area contributed by atoms with E-state index in [-0.39, 0.29) is 6.07 Å². The molecule has 0 spiro atoms. The van der Waals surface area contributed by atoms with E-state index in [4.69, 9.17) is 5.73 Å². The second kappa shape index (κ2) is 3.76. The molecule has 2 nitrogen and oxygen atoms in total. The topological polar surface area (TPSA) is 35.2 Å². The molecule has 0 saturated carbocycles. The van der Waals surface area contributed by atoms with Gasteiger partial charge in [0.2, 0.25) is 0 Å². The summed E-state index contributed by atoms with van der Waals surface area (Å²) in [5.41, 5.74) is 3.26. The monoisotopic (exact) mass is 245 g/mol. The van der Waals surface area contributed by atoms with Crippen LogP contribution in [0.4, 0.5) is 32.0 Å². The third-order valence-electron chi connectivity index (χ3n) is 1.57. The van der Waals surface area contributed by atoms with E-state index in [9.17, 15) is 26.3 Å². The van der Waals surface area contributed by atoms with Gasteiger partial charge >= 0.3 is 12.5 Å². The molecule has 1 rings (SSSR count). The number of hydrogen-bond acceptors (Lipinski definition) is 2. The molecule has 16 heavy (non-hydrogen) atoms. The average molecular weight is 245 g/mol. The zero-order chi connectivity index (χ0) is 12.6. The quantitative estimate of drug-likeness (QED) is 0.609. The maximum Gasteiger partial charge on any atom is 0.573 e. The maximum atomic E-state index is 12.2. The first-order valence-electron chi connectivity index (χ1n) is 3.82. The fourth-order valence-electron chi connectivity index (χ4n) is 0.924. The van der Waals surface area contributed by atoms with Crippen LogP contribution in [-0.4, -0.2) is 6.36 Å². The third-order valence-corrected chi connectivity index (χ3v) is 1.57.